The van der Waals surface area contributed by atoms with E-state index in [0.717, 1.165) is 0 Å². The van der Waals surface area contributed by atoms with Crippen LogP contribution in [0.2, 0.25) is 0 Å². The second-order valence-corrected chi connectivity index (χ2v) is 9.99. The topological polar surface area (TPSA) is 159 Å². The molecule has 0 aliphatic rings. The average Bonchev–Trinajstić information content (AvgIpc) is 2.82. The van der Waals surface area contributed by atoms with Gasteiger partial charge >= 0.3 is 24.4 Å². The van der Waals surface area contributed by atoms with E-state index in [0.29, 0.717) is 18.4 Å². The molecule has 0 fully saturated rings. The van der Waals surface area contributed by atoms with Crippen molar-refractivity contribution in [1.29, 1.82) is 0 Å². The zero-order chi connectivity index (χ0) is 29.8. The number of hydrogen-bond acceptors (Lipinski definition) is 12. The zero-order valence-corrected chi connectivity index (χ0v) is 23.9. The molecule has 0 bridgehead atoms. The first-order chi connectivity index (χ1) is 18.1. The smallest absolute Gasteiger partial charge is 0.458 e. The summed E-state index contributed by atoms with van der Waals surface area (Å²) in [4.78, 5) is 48.5. The molecule has 220 valence electrons. The molecule has 0 saturated heterocycles. The Hall–Kier alpha value is -3.54. The van der Waals surface area contributed by atoms with E-state index in [1.54, 1.807) is 40.7 Å². The zero-order valence-electron chi connectivity index (χ0n) is 23.9. The number of benzene rings is 1. The molecule has 0 heterocycles. The lowest BCUT2D eigenvalue weighted by molar-refractivity contribution is -0.152. The summed E-state index contributed by atoms with van der Waals surface area (Å²) in [6.45, 7) is 13.5. The Bertz CT molecular complexity index is 973. The van der Waals surface area contributed by atoms with E-state index in [9.17, 15) is 19.2 Å². The molecule has 0 spiro atoms. The second kappa shape index (κ2) is 15.8. The standard InChI is InChI=1S/C27H41NO11/c1-9-16(3)35-25(31)37-21-12-11-19(14-22(21)38-26(32)36-17(4)10-2)13-20(28)23(29)34-18(5)15-33-24(30)39-27(6,7)8/h11-12,14,16-18,20H,9-10,13,15,28H2,1-8H3/t16?,17?,18-,20-/m0/s1. The first-order valence-electron chi connectivity index (χ1n) is 12.8. The number of esters is 1. The summed E-state index contributed by atoms with van der Waals surface area (Å²) in [5.74, 6) is -0.954. The van der Waals surface area contributed by atoms with Crippen molar-refractivity contribution in [2.45, 2.75) is 105 Å². The van der Waals surface area contributed by atoms with Gasteiger partial charge in [-0.2, -0.15) is 0 Å². The second-order valence-electron chi connectivity index (χ2n) is 9.99. The van der Waals surface area contributed by atoms with Crippen molar-refractivity contribution >= 4 is 24.4 Å². The van der Waals surface area contributed by atoms with Crippen molar-refractivity contribution in [3.8, 4) is 11.5 Å². The van der Waals surface area contributed by atoms with Crippen molar-refractivity contribution in [1.82, 2.24) is 0 Å². The van der Waals surface area contributed by atoms with Crippen molar-refractivity contribution in [3.63, 3.8) is 0 Å². The molecular weight excluding hydrogens is 514 g/mol. The molecule has 12 heteroatoms. The Morgan fingerprint density at radius 3 is 1.85 bits per heavy atom. The maximum atomic E-state index is 12.5. The summed E-state index contributed by atoms with van der Waals surface area (Å²) < 4.78 is 36.0. The van der Waals surface area contributed by atoms with Crippen molar-refractivity contribution < 1.29 is 52.3 Å². The average molecular weight is 556 g/mol. The molecule has 39 heavy (non-hydrogen) atoms. The largest absolute Gasteiger partial charge is 0.514 e. The SMILES string of the molecule is CCC(C)OC(=O)Oc1ccc(C[C@H](N)C(=O)O[C@@H](C)COC(=O)OC(C)(C)C)cc1OC(=O)OC(C)CC. The minimum absolute atomic E-state index is 0.00710. The number of hydrogen-bond donors (Lipinski definition) is 1. The van der Waals surface area contributed by atoms with Crippen LogP contribution in [0.15, 0.2) is 18.2 Å². The van der Waals surface area contributed by atoms with E-state index >= 15 is 0 Å². The van der Waals surface area contributed by atoms with E-state index in [-0.39, 0.29) is 30.6 Å². The van der Waals surface area contributed by atoms with Crippen LogP contribution in [0.3, 0.4) is 0 Å². The highest BCUT2D eigenvalue weighted by molar-refractivity contribution is 5.76. The maximum Gasteiger partial charge on any atom is 0.514 e. The fourth-order valence-electron chi connectivity index (χ4n) is 2.69. The third-order valence-electron chi connectivity index (χ3n) is 5.04. The van der Waals surface area contributed by atoms with Crippen LogP contribution in [0.5, 0.6) is 11.5 Å². The van der Waals surface area contributed by atoms with E-state index in [2.05, 4.69) is 0 Å². The fraction of sp³-hybridized carbons (Fsp3) is 0.630. The third kappa shape index (κ3) is 13.7. The van der Waals surface area contributed by atoms with Crippen molar-refractivity contribution in [3.05, 3.63) is 23.8 Å². The van der Waals surface area contributed by atoms with Gasteiger partial charge in [-0.1, -0.05) is 19.9 Å². The molecule has 0 aliphatic carbocycles. The number of carbonyl (C=O) groups is 4. The van der Waals surface area contributed by atoms with Crippen LogP contribution in [0, 0.1) is 0 Å². The highest BCUT2D eigenvalue weighted by Gasteiger charge is 2.24. The molecule has 2 unspecified atom stereocenters. The van der Waals surface area contributed by atoms with Crippen LogP contribution >= 0.6 is 0 Å². The normalized spacial score (nSPS) is 14.2. The quantitative estimate of drug-likeness (QED) is 0.208. The minimum atomic E-state index is -1.10. The van der Waals surface area contributed by atoms with E-state index < -0.39 is 48.3 Å². The Morgan fingerprint density at radius 2 is 1.33 bits per heavy atom. The van der Waals surface area contributed by atoms with Crippen LogP contribution in [-0.4, -0.2) is 61.0 Å². The summed E-state index contributed by atoms with van der Waals surface area (Å²) in [7, 11) is 0. The van der Waals surface area contributed by atoms with Crippen LogP contribution in [-0.2, 0) is 34.9 Å². The summed E-state index contributed by atoms with van der Waals surface area (Å²) in [5.41, 5.74) is 5.77. The van der Waals surface area contributed by atoms with E-state index in [4.69, 9.17) is 38.9 Å². The van der Waals surface area contributed by atoms with Gasteiger partial charge in [0.25, 0.3) is 0 Å². The predicted molar refractivity (Wildman–Crippen MR) is 140 cm³/mol. The van der Waals surface area contributed by atoms with E-state index in [1.165, 1.54) is 19.1 Å². The monoisotopic (exact) mass is 555 g/mol. The summed E-state index contributed by atoms with van der Waals surface area (Å²) in [6, 6.07) is 3.22. The molecule has 12 nitrogen and oxygen atoms in total. The Balaban J connectivity index is 2.89. The van der Waals surface area contributed by atoms with Gasteiger partial charge in [0.2, 0.25) is 0 Å². The van der Waals surface area contributed by atoms with Gasteiger partial charge in [-0.05, 0) is 78.5 Å². The van der Waals surface area contributed by atoms with Gasteiger partial charge in [0.05, 0.1) is 0 Å². The maximum absolute atomic E-state index is 12.5. The lowest BCUT2D eigenvalue weighted by Gasteiger charge is -2.20. The molecule has 0 radical (unpaired) electrons. The highest BCUT2D eigenvalue weighted by atomic mass is 16.8. The molecule has 1 aromatic rings. The van der Waals surface area contributed by atoms with Crippen molar-refractivity contribution in [2.24, 2.45) is 5.73 Å². The van der Waals surface area contributed by atoms with Gasteiger partial charge in [0.15, 0.2) is 11.5 Å². The van der Waals surface area contributed by atoms with Gasteiger partial charge in [-0.25, -0.2) is 14.4 Å². The molecule has 4 atom stereocenters. The summed E-state index contributed by atoms with van der Waals surface area (Å²) >= 11 is 0. The Morgan fingerprint density at radius 1 is 0.795 bits per heavy atom. The Labute approximate surface area is 229 Å². The molecule has 0 aromatic heterocycles. The molecule has 1 rings (SSSR count). The fourth-order valence-corrected chi connectivity index (χ4v) is 2.69. The molecule has 0 saturated carbocycles. The number of carbonyl (C=O) groups excluding carboxylic acids is 4. The number of nitrogens with two attached hydrogens (primary N) is 1. The van der Waals surface area contributed by atoms with Gasteiger partial charge in [0.1, 0.15) is 36.6 Å². The number of rotatable bonds is 12. The molecule has 0 amide bonds. The third-order valence-corrected chi connectivity index (χ3v) is 5.04. The van der Waals surface area contributed by atoms with Crippen LogP contribution in [0.1, 0.15) is 73.8 Å². The van der Waals surface area contributed by atoms with Gasteiger partial charge < -0.3 is 38.9 Å². The Kier molecular flexibility index (Phi) is 13.5. The van der Waals surface area contributed by atoms with Crippen LogP contribution in [0.25, 0.3) is 0 Å². The lowest BCUT2D eigenvalue weighted by atomic mass is 10.1. The summed E-state index contributed by atoms with van der Waals surface area (Å²) in [5, 5.41) is 0. The first-order valence-corrected chi connectivity index (χ1v) is 12.8. The van der Waals surface area contributed by atoms with Gasteiger partial charge in [-0.15, -0.1) is 0 Å². The predicted octanol–water partition coefficient (Wildman–Crippen LogP) is 5.07. The number of ether oxygens (including phenoxy) is 7. The molecule has 1 aromatic carbocycles. The minimum Gasteiger partial charge on any atom is -0.458 e. The van der Waals surface area contributed by atoms with Crippen LogP contribution in [0.4, 0.5) is 14.4 Å². The van der Waals surface area contributed by atoms with E-state index in [1.807, 2.05) is 13.8 Å². The molecular formula is C27H41NO11. The highest BCUT2D eigenvalue weighted by Crippen LogP contribution is 2.30. The van der Waals surface area contributed by atoms with Gasteiger partial charge in [-0.3, -0.25) is 4.79 Å². The molecule has 0 aliphatic heterocycles. The molecule has 2 N–H and O–H groups in total. The van der Waals surface area contributed by atoms with Gasteiger partial charge in [0, 0.05) is 0 Å². The van der Waals surface area contributed by atoms with Crippen LogP contribution < -0.4 is 15.2 Å². The summed E-state index contributed by atoms with van der Waals surface area (Å²) in [6.07, 6.45) is -3.27. The van der Waals surface area contributed by atoms with Crippen molar-refractivity contribution in [2.75, 3.05) is 6.61 Å². The first kappa shape index (κ1) is 33.5. The lowest BCUT2D eigenvalue weighted by Crippen LogP contribution is -2.37.